The van der Waals surface area contributed by atoms with Crippen LogP contribution in [-0.4, -0.2) is 18.6 Å². The fraction of sp³-hybridized carbons (Fsp3) is 0.160. The van der Waals surface area contributed by atoms with Gasteiger partial charge in [-0.2, -0.15) is 0 Å². The number of carbonyl (C=O) groups is 1. The van der Waals surface area contributed by atoms with Gasteiger partial charge in [0.15, 0.2) is 0 Å². The Hall–Kier alpha value is -3.18. The lowest BCUT2D eigenvalue weighted by molar-refractivity contribution is -0.124. The first-order valence-corrected chi connectivity index (χ1v) is 11.3. The summed E-state index contributed by atoms with van der Waals surface area (Å²) in [4.78, 5) is 13.3. The van der Waals surface area contributed by atoms with Crippen molar-refractivity contribution in [2.45, 2.75) is 31.1 Å². The summed E-state index contributed by atoms with van der Waals surface area (Å²) in [7, 11) is -4.02. The normalized spacial score (nSPS) is 17.0. The van der Waals surface area contributed by atoms with Gasteiger partial charge >= 0.3 is 0 Å². The van der Waals surface area contributed by atoms with Gasteiger partial charge in [0.1, 0.15) is 0 Å². The van der Waals surface area contributed by atoms with Gasteiger partial charge in [0.05, 0.1) is 10.6 Å². The number of carbonyl (C=O) groups excluding carboxylic acids is 1. The van der Waals surface area contributed by atoms with E-state index in [9.17, 15) is 13.2 Å². The van der Waals surface area contributed by atoms with Crippen molar-refractivity contribution in [2.24, 2.45) is 0 Å². The molecule has 5 heteroatoms. The Bertz CT molecular complexity index is 1200. The molecule has 4 rings (SSSR count). The number of hydrogen-bond acceptors (Lipinski definition) is 3. The van der Waals surface area contributed by atoms with Crippen LogP contribution in [0, 0.1) is 13.8 Å². The van der Waals surface area contributed by atoms with E-state index in [1.165, 1.54) is 0 Å². The van der Waals surface area contributed by atoms with E-state index in [1.54, 1.807) is 24.3 Å². The fourth-order valence-electron chi connectivity index (χ4n) is 3.65. The highest BCUT2D eigenvalue weighted by atomic mass is 32.2. The summed E-state index contributed by atoms with van der Waals surface area (Å²) in [6.07, 6.45) is 2.00. The zero-order valence-electron chi connectivity index (χ0n) is 16.9. The predicted molar refractivity (Wildman–Crippen MR) is 118 cm³/mol. The molecule has 3 aromatic carbocycles. The molecule has 0 spiro atoms. The smallest absolute Gasteiger partial charge is 0.270 e. The Morgan fingerprint density at radius 1 is 0.800 bits per heavy atom. The molecule has 0 unspecified atom stereocenters. The Morgan fingerprint density at radius 3 is 1.97 bits per heavy atom. The van der Waals surface area contributed by atoms with E-state index in [2.05, 4.69) is 0 Å². The quantitative estimate of drug-likeness (QED) is 0.597. The van der Waals surface area contributed by atoms with Gasteiger partial charge in [-0.05, 0) is 37.1 Å². The van der Waals surface area contributed by atoms with Crippen molar-refractivity contribution in [1.82, 2.24) is 4.31 Å². The summed E-state index contributed by atoms with van der Waals surface area (Å²) in [5.41, 5.74) is 4.18. The molecule has 152 valence electrons. The predicted octanol–water partition coefficient (Wildman–Crippen LogP) is 5.05. The van der Waals surface area contributed by atoms with Crippen LogP contribution in [0.15, 0.2) is 89.8 Å². The van der Waals surface area contributed by atoms with Crippen LogP contribution in [0.1, 0.15) is 34.6 Å². The molecule has 0 N–H and O–H groups in total. The largest absolute Gasteiger partial charge is 0.273 e. The van der Waals surface area contributed by atoms with Crippen LogP contribution in [0.4, 0.5) is 0 Å². The number of allylic oxidation sites excluding steroid dienone is 1. The van der Waals surface area contributed by atoms with E-state index >= 15 is 0 Å². The van der Waals surface area contributed by atoms with Crippen molar-refractivity contribution < 1.29 is 13.2 Å². The van der Waals surface area contributed by atoms with E-state index in [1.807, 2.05) is 74.5 Å². The monoisotopic (exact) mass is 417 g/mol. The third kappa shape index (κ3) is 3.81. The molecule has 0 saturated carbocycles. The van der Waals surface area contributed by atoms with Crippen molar-refractivity contribution in [2.75, 3.05) is 0 Å². The number of rotatable bonds is 4. The van der Waals surface area contributed by atoms with Crippen molar-refractivity contribution in [3.05, 3.63) is 107 Å². The second-order valence-electron chi connectivity index (χ2n) is 7.62. The maximum atomic E-state index is 13.4. The van der Waals surface area contributed by atoms with Crippen LogP contribution in [0.3, 0.4) is 0 Å². The Labute approximate surface area is 177 Å². The summed E-state index contributed by atoms with van der Waals surface area (Å²) in [6.45, 7) is 3.90. The second-order valence-corrected chi connectivity index (χ2v) is 9.40. The number of hydrogen-bond donors (Lipinski definition) is 0. The minimum Gasteiger partial charge on any atom is -0.273 e. The minimum atomic E-state index is -4.02. The Morgan fingerprint density at radius 2 is 1.37 bits per heavy atom. The topological polar surface area (TPSA) is 54.5 Å². The van der Waals surface area contributed by atoms with Gasteiger partial charge in [-0.1, -0.05) is 83.9 Å². The summed E-state index contributed by atoms with van der Waals surface area (Å²) < 4.78 is 27.9. The van der Waals surface area contributed by atoms with Gasteiger partial charge in [-0.15, -0.1) is 0 Å². The van der Waals surface area contributed by atoms with Gasteiger partial charge in [0, 0.05) is 12.3 Å². The van der Waals surface area contributed by atoms with Crippen LogP contribution in [-0.2, 0) is 14.8 Å². The van der Waals surface area contributed by atoms with E-state index < -0.39 is 15.9 Å². The molecular weight excluding hydrogens is 394 g/mol. The SMILES string of the molecule is Cc1ccc([C@H]2C=C(c3ccccc3)N(S(=O)(=O)c3ccc(C)cc3)C(=O)C2)cc1. The van der Waals surface area contributed by atoms with Crippen LogP contribution in [0.25, 0.3) is 5.70 Å². The first kappa shape index (κ1) is 20.1. The molecule has 30 heavy (non-hydrogen) atoms. The summed E-state index contributed by atoms with van der Waals surface area (Å²) in [5, 5.41) is 0. The maximum absolute atomic E-state index is 13.4. The Balaban J connectivity index is 1.85. The van der Waals surface area contributed by atoms with Gasteiger partial charge in [-0.3, -0.25) is 4.79 Å². The molecule has 1 heterocycles. The van der Waals surface area contributed by atoms with Gasteiger partial charge < -0.3 is 0 Å². The van der Waals surface area contributed by atoms with Gasteiger partial charge in [0.2, 0.25) is 5.91 Å². The molecule has 0 fully saturated rings. The zero-order chi connectivity index (χ0) is 21.3. The van der Waals surface area contributed by atoms with Crippen molar-refractivity contribution in [1.29, 1.82) is 0 Å². The van der Waals surface area contributed by atoms with E-state index in [-0.39, 0.29) is 17.2 Å². The molecule has 1 amide bonds. The number of sulfonamides is 1. The lowest BCUT2D eigenvalue weighted by Crippen LogP contribution is -2.39. The highest BCUT2D eigenvalue weighted by molar-refractivity contribution is 7.90. The summed E-state index contributed by atoms with van der Waals surface area (Å²) >= 11 is 0. The average Bonchev–Trinajstić information content (AvgIpc) is 2.74. The van der Waals surface area contributed by atoms with Crippen LogP contribution < -0.4 is 0 Å². The van der Waals surface area contributed by atoms with E-state index in [0.29, 0.717) is 11.3 Å². The lowest BCUT2D eigenvalue weighted by atomic mass is 9.90. The maximum Gasteiger partial charge on any atom is 0.270 e. The molecular formula is C25H23NO3S. The molecule has 1 atom stereocenters. The average molecular weight is 418 g/mol. The fourth-order valence-corrected chi connectivity index (χ4v) is 5.11. The molecule has 0 saturated heterocycles. The third-order valence-electron chi connectivity index (χ3n) is 5.33. The van der Waals surface area contributed by atoms with E-state index in [0.717, 1.165) is 21.0 Å². The molecule has 3 aromatic rings. The van der Waals surface area contributed by atoms with Crippen molar-refractivity contribution >= 4 is 21.6 Å². The molecule has 1 aliphatic heterocycles. The second kappa shape index (κ2) is 7.92. The van der Waals surface area contributed by atoms with Crippen molar-refractivity contribution in [3.8, 4) is 0 Å². The molecule has 4 nitrogen and oxygen atoms in total. The highest BCUT2D eigenvalue weighted by Crippen LogP contribution is 2.37. The van der Waals surface area contributed by atoms with E-state index in [4.69, 9.17) is 0 Å². The third-order valence-corrected chi connectivity index (χ3v) is 7.08. The number of benzene rings is 3. The molecule has 1 aliphatic rings. The number of aryl methyl sites for hydroxylation is 2. The lowest BCUT2D eigenvalue weighted by Gasteiger charge is -2.32. The Kier molecular flexibility index (Phi) is 5.31. The first-order chi connectivity index (χ1) is 14.4. The zero-order valence-corrected chi connectivity index (χ0v) is 17.8. The summed E-state index contributed by atoms with van der Waals surface area (Å²) in [6, 6.07) is 23.8. The minimum absolute atomic E-state index is 0.102. The number of nitrogens with zero attached hydrogens (tertiary/aromatic N) is 1. The van der Waals surface area contributed by atoms with Crippen LogP contribution in [0.5, 0.6) is 0 Å². The number of amides is 1. The van der Waals surface area contributed by atoms with Gasteiger partial charge in [0.25, 0.3) is 10.0 Å². The summed E-state index contributed by atoms with van der Waals surface area (Å²) in [5.74, 6) is -0.611. The molecule has 0 aromatic heterocycles. The highest BCUT2D eigenvalue weighted by Gasteiger charge is 2.37. The molecule has 0 radical (unpaired) electrons. The standard InChI is InChI=1S/C25H23NO3S/c1-18-8-12-20(13-9-18)22-16-24(21-6-4-3-5-7-21)26(25(27)17-22)30(28,29)23-14-10-19(2)11-15-23/h3-16,22H,17H2,1-2H3/t22-/m0/s1. The van der Waals surface area contributed by atoms with Crippen LogP contribution in [0.2, 0.25) is 0 Å². The molecule has 0 aliphatic carbocycles. The van der Waals surface area contributed by atoms with Crippen molar-refractivity contribution in [3.63, 3.8) is 0 Å². The first-order valence-electron chi connectivity index (χ1n) is 9.85. The van der Waals surface area contributed by atoms with Gasteiger partial charge in [-0.25, -0.2) is 12.7 Å². The molecule has 0 bridgehead atoms. The van der Waals surface area contributed by atoms with Crippen LogP contribution >= 0.6 is 0 Å².